The Kier molecular flexibility index (Phi) is 5.08. The fourth-order valence-corrected chi connectivity index (χ4v) is 1.18. The molecule has 0 radical (unpaired) electrons. The van der Waals surface area contributed by atoms with Gasteiger partial charge in [-0.3, -0.25) is 0 Å². The second-order valence-electron chi connectivity index (χ2n) is 3.23. The van der Waals surface area contributed by atoms with Crippen LogP contribution in [0.25, 0.3) is 0 Å². The molecular weight excluding hydrogens is 176 g/mol. The van der Waals surface area contributed by atoms with Crippen LogP contribution in [0.2, 0.25) is 0 Å². The third-order valence-electron chi connectivity index (χ3n) is 1.93. The molecule has 0 aromatic heterocycles. The zero-order valence-electron chi connectivity index (χ0n) is 8.95. The van der Waals surface area contributed by atoms with Crippen LogP contribution in [0.1, 0.15) is 18.9 Å². The van der Waals surface area contributed by atoms with Gasteiger partial charge < -0.3 is 9.47 Å². The van der Waals surface area contributed by atoms with Crippen molar-refractivity contribution in [2.45, 2.75) is 20.3 Å². The zero-order chi connectivity index (χ0) is 10.2. The summed E-state index contributed by atoms with van der Waals surface area (Å²) in [6.45, 7) is 6.26. The highest BCUT2D eigenvalue weighted by Gasteiger charge is 1.96. The summed E-state index contributed by atoms with van der Waals surface area (Å²) < 4.78 is 10.9. The molecule has 0 atom stereocenters. The van der Waals surface area contributed by atoms with Gasteiger partial charge in [0.05, 0.1) is 6.61 Å². The lowest BCUT2D eigenvalue weighted by molar-refractivity contribution is 0.100. The van der Waals surface area contributed by atoms with Gasteiger partial charge in [0.25, 0.3) is 0 Å². The molecule has 0 saturated heterocycles. The lowest BCUT2D eigenvalue weighted by Gasteiger charge is -2.08. The van der Waals surface area contributed by atoms with Crippen LogP contribution in [0.4, 0.5) is 0 Å². The summed E-state index contributed by atoms with van der Waals surface area (Å²) in [6, 6.07) is 8.02. The van der Waals surface area contributed by atoms with Crippen LogP contribution in [0.3, 0.4) is 0 Å². The van der Waals surface area contributed by atoms with Crippen molar-refractivity contribution in [1.82, 2.24) is 0 Å². The summed E-state index contributed by atoms with van der Waals surface area (Å²) in [5.74, 6) is 0.951. The molecule has 78 valence electrons. The quantitative estimate of drug-likeness (QED) is 0.648. The predicted molar refractivity (Wildman–Crippen MR) is 57.8 cm³/mol. The highest BCUT2D eigenvalue weighted by atomic mass is 16.5. The van der Waals surface area contributed by atoms with Crippen molar-refractivity contribution < 1.29 is 9.47 Å². The van der Waals surface area contributed by atoms with E-state index in [2.05, 4.69) is 6.92 Å². The van der Waals surface area contributed by atoms with Crippen LogP contribution in [0, 0.1) is 6.92 Å². The van der Waals surface area contributed by atoms with Crippen molar-refractivity contribution in [3.63, 3.8) is 0 Å². The van der Waals surface area contributed by atoms with E-state index in [1.54, 1.807) is 0 Å². The summed E-state index contributed by atoms with van der Waals surface area (Å²) in [5.41, 5.74) is 1.17. The molecule has 2 nitrogen and oxygen atoms in total. The number of rotatable bonds is 6. The van der Waals surface area contributed by atoms with E-state index in [1.165, 1.54) is 5.56 Å². The van der Waals surface area contributed by atoms with Crippen molar-refractivity contribution in [1.29, 1.82) is 0 Å². The first-order chi connectivity index (χ1) is 6.84. The largest absolute Gasteiger partial charge is 0.491 e. The van der Waals surface area contributed by atoms with Crippen LogP contribution in [0.15, 0.2) is 24.3 Å². The van der Waals surface area contributed by atoms with Gasteiger partial charge >= 0.3 is 0 Å². The molecular formula is C12H18O2. The maximum absolute atomic E-state index is 5.56. The zero-order valence-corrected chi connectivity index (χ0v) is 8.95. The fraction of sp³-hybridized carbons (Fsp3) is 0.500. The van der Waals surface area contributed by atoms with E-state index in [1.807, 2.05) is 31.2 Å². The van der Waals surface area contributed by atoms with Crippen LogP contribution in [-0.2, 0) is 4.74 Å². The Labute approximate surface area is 85.8 Å². The van der Waals surface area contributed by atoms with Gasteiger partial charge in [-0.1, -0.05) is 25.1 Å². The van der Waals surface area contributed by atoms with Crippen molar-refractivity contribution >= 4 is 0 Å². The van der Waals surface area contributed by atoms with Gasteiger partial charge in [0, 0.05) is 6.61 Å². The first-order valence-electron chi connectivity index (χ1n) is 5.10. The van der Waals surface area contributed by atoms with Gasteiger partial charge in [-0.2, -0.15) is 0 Å². The standard InChI is InChI=1S/C12H18O2/c1-3-8-13-9-10-14-12-7-5-4-6-11(12)2/h4-7H,3,8-10H2,1-2H3. The van der Waals surface area contributed by atoms with Gasteiger partial charge in [0.1, 0.15) is 12.4 Å². The topological polar surface area (TPSA) is 18.5 Å². The van der Waals surface area contributed by atoms with Gasteiger partial charge in [0.15, 0.2) is 0 Å². The second-order valence-corrected chi connectivity index (χ2v) is 3.23. The van der Waals surface area contributed by atoms with E-state index in [9.17, 15) is 0 Å². The van der Waals surface area contributed by atoms with Gasteiger partial charge in [-0.15, -0.1) is 0 Å². The highest BCUT2D eigenvalue weighted by molar-refractivity contribution is 5.31. The summed E-state index contributed by atoms with van der Waals surface area (Å²) in [7, 11) is 0. The summed E-state index contributed by atoms with van der Waals surface area (Å²) in [4.78, 5) is 0. The molecule has 0 aliphatic carbocycles. The lowest BCUT2D eigenvalue weighted by Crippen LogP contribution is -2.07. The molecule has 1 aromatic rings. The summed E-state index contributed by atoms with van der Waals surface area (Å²) in [5, 5.41) is 0. The normalized spacial score (nSPS) is 10.1. The number of hydrogen-bond acceptors (Lipinski definition) is 2. The molecule has 0 aliphatic heterocycles. The fourth-order valence-electron chi connectivity index (χ4n) is 1.18. The summed E-state index contributed by atoms with van der Waals surface area (Å²) in [6.07, 6.45) is 1.06. The molecule has 14 heavy (non-hydrogen) atoms. The maximum Gasteiger partial charge on any atom is 0.122 e. The Balaban J connectivity index is 2.21. The molecule has 0 bridgehead atoms. The third-order valence-corrected chi connectivity index (χ3v) is 1.93. The highest BCUT2D eigenvalue weighted by Crippen LogP contribution is 2.15. The Bertz CT molecular complexity index is 258. The van der Waals surface area contributed by atoms with E-state index >= 15 is 0 Å². The molecule has 2 heteroatoms. The minimum atomic E-state index is 0.630. The Morgan fingerprint density at radius 3 is 2.57 bits per heavy atom. The molecule has 0 N–H and O–H groups in total. The van der Waals surface area contributed by atoms with E-state index in [4.69, 9.17) is 9.47 Å². The minimum absolute atomic E-state index is 0.630. The maximum atomic E-state index is 5.56. The van der Waals surface area contributed by atoms with E-state index in [0.717, 1.165) is 18.8 Å². The van der Waals surface area contributed by atoms with E-state index in [0.29, 0.717) is 13.2 Å². The summed E-state index contributed by atoms with van der Waals surface area (Å²) >= 11 is 0. The molecule has 0 saturated carbocycles. The molecule has 0 amide bonds. The lowest BCUT2D eigenvalue weighted by atomic mass is 10.2. The Hall–Kier alpha value is -1.02. The number of ether oxygens (including phenoxy) is 2. The average molecular weight is 194 g/mol. The van der Waals surface area contributed by atoms with Crippen molar-refractivity contribution in [3.8, 4) is 5.75 Å². The first kappa shape index (κ1) is 11.1. The number of benzene rings is 1. The Morgan fingerprint density at radius 2 is 1.86 bits per heavy atom. The molecule has 1 rings (SSSR count). The molecule has 0 unspecified atom stereocenters. The third kappa shape index (κ3) is 3.79. The van der Waals surface area contributed by atoms with E-state index < -0.39 is 0 Å². The predicted octanol–water partition coefficient (Wildman–Crippen LogP) is 2.80. The van der Waals surface area contributed by atoms with Gasteiger partial charge in [0.2, 0.25) is 0 Å². The number of para-hydroxylation sites is 1. The first-order valence-corrected chi connectivity index (χ1v) is 5.10. The van der Waals surface area contributed by atoms with Crippen molar-refractivity contribution in [2.75, 3.05) is 19.8 Å². The van der Waals surface area contributed by atoms with Crippen LogP contribution < -0.4 is 4.74 Å². The number of hydrogen-bond donors (Lipinski definition) is 0. The second kappa shape index (κ2) is 6.44. The smallest absolute Gasteiger partial charge is 0.122 e. The molecule has 0 fully saturated rings. The SMILES string of the molecule is CCCOCCOc1ccccc1C. The molecule has 0 spiro atoms. The van der Waals surface area contributed by atoms with Crippen LogP contribution in [0.5, 0.6) is 5.75 Å². The van der Waals surface area contributed by atoms with Crippen LogP contribution >= 0.6 is 0 Å². The van der Waals surface area contributed by atoms with Crippen molar-refractivity contribution in [3.05, 3.63) is 29.8 Å². The van der Waals surface area contributed by atoms with Crippen molar-refractivity contribution in [2.24, 2.45) is 0 Å². The van der Waals surface area contributed by atoms with Gasteiger partial charge in [-0.05, 0) is 25.0 Å². The monoisotopic (exact) mass is 194 g/mol. The van der Waals surface area contributed by atoms with E-state index in [-0.39, 0.29) is 0 Å². The molecule has 0 aliphatic rings. The van der Waals surface area contributed by atoms with Crippen LogP contribution in [-0.4, -0.2) is 19.8 Å². The number of aryl methyl sites for hydroxylation is 1. The minimum Gasteiger partial charge on any atom is -0.491 e. The molecule has 0 heterocycles. The Morgan fingerprint density at radius 1 is 1.07 bits per heavy atom. The van der Waals surface area contributed by atoms with Gasteiger partial charge in [-0.25, -0.2) is 0 Å². The molecule has 1 aromatic carbocycles. The average Bonchev–Trinajstić information content (AvgIpc) is 2.20.